The molecule has 1 aliphatic rings. The van der Waals surface area contributed by atoms with Crippen LogP contribution in [0.25, 0.3) is 0 Å². The maximum atomic E-state index is 5.19. The van der Waals surface area contributed by atoms with E-state index in [0.717, 1.165) is 18.2 Å². The van der Waals surface area contributed by atoms with E-state index < -0.39 is 0 Å². The molecule has 0 radical (unpaired) electrons. The number of nitrogens with one attached hydrogen (secondary N) is 1. The summed E-state index contributed by atoms with van der Waals surface area (Å²) < 4.78 is 7.00. The van der Waals surface area contributed by atoms with E-state index in [9.17, 15) is 0 Å². The number of methoxy groups -OCH3 is 1. The van der Waals surface area contributed by atoms with E-state index in [4.69, 9.17) is 4.74 Å². The summed E-state index contributed by atoms with van der Waals surface area (Å²) >= 11 is 0. The van der Waals surface area contributed by atoms with Gasteiger partial charge in [-0.2, -0.15) is 5.10 Å². The number of anilines is 1. The fourth-order valence-corrected chi connectivity index (χ4v) is 1.68. The zero-order valence-electron chi connectivity index (χ0n) is 8.73. The van der Waals surface area contributed by atoms with Crippen LogP contribution < -0.4 is 5.32 Å². The van der Waals surface area contributed by atoms with E-state index in [1.165, 1.54) is 12.8 Å². The van der Waals surface area contributed by atoms with Crippen LogP contribution in [0.15, 0.2) is 12.4 Å². The van der Waals surface area contributed by atoms with Gasteiger partial charge in [0.15, 0.2) is 0 Å². The summed E-state index contributed by atoms with van der Waals surface area (Å²) in [4.78, 5) is 0. The largest absolute Gasteiger partial charge is 0.383 e. The lowest BCUT2D eigenvalue weighted by Gasteiger charge is -2.16. The van der Waals surface area contributed by atoms with Gasteiger partial charge in [0, 0.05) is 20.4 Å². The normalized spacial score (nSPS) is 18.1. The summed E-state index contributed by atoms with van der Waals surface area (Å²) in [6.07, 6.45) is 6.48. The van der Waals surface area contributed by atoms with Crippen LogP contribution in [0.2, 0.25) is 0 Å². The van der Waals surface area contributed by atoms with Gasteiger partial charge in [-0.1, -0.05) is 0 Å². The second kappa shape index (κ2) is 4.00. The van der Waals surface area contributed by atoms with Crippen LogP contribution in [0.3, 0.4) is 0 Å². The van der Waals surface area contributed by atoms with Gasteiger partial charge in [0.25, 0.3) is 0 Å². The third-order valence-electron chi connectivity index (χ3n) is 2.59. The molecule has 0 amide bonds. The smallest absolute Gasteiger partial charge is 0.0729 e. The van der Waals surface area contributed by atoms with Crippen molar-refractivity contribution in [3.63, 3.8) is 0 Å². The predicted molar refractivity (Wildman–Crippen MR) is 55.2 cm³/mol. The third kappa shape index (κ3) is 2.26. The van der Waals surface area contributed by atoms with Gasteiger partial charge in [0.1, 0.15) is 0 Å². The molecule has 4 heteroatoms. The molecule has 78 valence electrons. The standard InChI is InChI=1S/C10H17N3O/c1-13-6-9(5-11-13)12-10(7-14-2)8-3-4-8/h5-6,8,10,12H,3-4,7H2,1-2H3. The summed E-state index contributed by atoms with van der Waals surface area (Å²) in [6, 6.07) is 0.448. The Bertz CT molecular complexity index is 293. The maximum absolute atomic E-state index is 5.19. The Balaban J connectivity index is 1.92. The SMILES string of the molecule is COCC(Nc1cnn(C)c1)C1CC1. The van der Waals surface area contributed by atoms with Crippen LogP contribution in [-0.4, -0.2) is 29.5 Å². The van der Waals surface area contributed by atoms with Gasteiger partial charge in [-0.05, 0) is 18.8 Å². The number of nitrogens with zero attached hydrogens (tertiary/aromatic N) is 2. The molecule has 1 saturated carbocycles. The number of rotatable bonds is 5. The molecule has 1 atom stereocenters. The number of aryl methyl sites for hydroxylation is 1. The summed E-state index contributed by atoms with van der Waals surface area (Å²) in [5.41, 5.74) is 1.08. The Hall–Kier alpha value is -1.03. The fourth-order valence-electron chi connectivity index (χ4n) is 1.68. The molecule has 0 spiro atoms. The number of aromatic nitrogens is 2. The highest BCUT2D eigenvalue weighted by atomic mass is 16.5. The van der Waals surface area contributed by atoms with Crippen LogP contribution in [0, 0.1) is 5.92 Å². The van der Waals surface area contributed by atoms with Crippen molar-refractivity contribution in [2.45, 2.75) is 18.9 Å². The monoisotopic (exact) mass is 195 g/mol. The third-order valence-corrected chi connectivity index (χ3v) is 2.59. The van der Waals surface area contributed by atoms with Crippen LogP contribution in [0.5, 0.6) is 0 Å². The second-order valence-electron chi connectivity index (χ2n) is 3.95. The van der Waals surface area contributed by atoms with Gasteiger partial charge in [-0.3, -0.25) is 4.68 Å². The van der Waals surface area contributed by atoms with Crippen LogP contribution in [-0.2, 0) is 11.8 Å². The Labute approximate surface area is 84.3 Å². The molecule has 1 aromatic rings. The maximum Gasteiger partial charge on any atom is 0.0729 e. The van der Waals surface area contributed by atoms with Crippen molar-refractivity contribution < 1.29 is 4.74 Å². The van der Waals surface area contributed by atoms with Crippen molar-refractivity contribution in [2.75, 3.05) is 19.0 Å². The first kappa shape index (κ1) is 9.52. The second-order valence-corrected chi connectivity index (χ2v) is 3.95. The zero-order chi connectivity index (χ0) is 9.97. The molecule has 14 heavy (non-hydrogen) atoms. The zero-order valence-corrected chi connectivity index (χ0v) is 8.73. The molecule has 1 N–H and O–H groups in total. The number of ether oxygens (including phenoxy) is 1. The molecule has 0 bridgehead atoms. The van der Waals surface area contributed by atoms with Crippen LogP contribution in [0.1, 0.15) is 12.8 Å². The highest BCUT2D eigenvalue weighted by Gasteiger charge is 2.31. The van der Waals surface area contributed by atoms with Gasteiger partial charge in [-0.15, -0.1) is 0 Å². The molecule has 0 aliphatic heterocycles. The first-order valence-electron chi connectivity index (χ1n) is 5.03. The molecular weight excluding hydrogens is 178 g/mol. The Morgan fingerprint density at radius 3 is 3.00 bits per heavy atom. The van der Waals surface area contributed by atoms with E-state index in [1.807, 2.05) is 19.4 Å². The quantitative estimate of drug-likeness (QED) is 0.768. The molecule has 1 aliphatic carbocycles. The van der Waals surface area contributed by atoms with Crippen molar-refractivity contribution in [3.05, 3.63) is 12.4 Å². The van der Waals surface area contributed by atoms with E-state index >= 15 is 0 Å². The molecule has 4 nitrogen and oxygen atoms in total. The lowest BCUT2D eigenvalue weighted by molar-refractivity contribution is 0.179. The van der Waals surface area contributed by atoms with Crippen molar-refractivity contribution in [3.8, 4) is 0 Å². The molecule has 1 unspecified atom stereocenters. The Kier molecular flexibility index (Phi) is 2.72. The lowest BCUT2D eigenvalue weighted by atomic mass is 10.2. The Morgan fingerprint density at radius 1 is 1.71 bits per heavy atom. The van der Waals surface area contributed by atoms with Crippen molar-refractivity contribution in [1.82, 2.24) is 9.78 Å². The van der Waals surface area contributed by atoms with E-state index in [-0.39, 0.29) is 0 Å². The first-order valence-corrected chi connectivity index (χ1v) is 5.03. The molecule has 0 saturated heterocycles. The molecule has 1 aromatic heterocycles. The molecule has 1 heterocycles. The molecule has 1 fully saturated rings. The van der Waals surface area contributed by atoms with Crippen molar-refractivity contribution in [2.24, 2.45) is 13.0 Å². The molecule has 0 aromatic carbocycles. The van der Waals surface area contributed by atoms with Crippen molar-refractivity contribution in [1.29, 1.82) is 0 Å². The van der Waals surface area contributed by atoms with Crippen LogP contribution >= 0.6 is 0 Å². The first-order chi connectivity index (χ1) is 6.79. The van der Waals surface area contributed by atoms with Gasteiger partial charge in [0.05, 0.1) is 24.5 Å². The molecular formula is C10H17N3O. The van der Waals surface area contributed by atoms with Gasteiger partial charge < -0.3 is 10.1 Å². The topological polar surface area (TPSA) is 39.1 Å². The lowest BCUT2D eigenvalue weighted by Crippen LogP contribution is -2.26. The number of hydrogen-bond acceptors (Lipinski definition) is 3. The minimum absolute atomic E-state index is 0.448. The van der Waals surface area contributed by atoms with E-state index in [1.54, 1.807) is 11.8 Å². The van der Waals surface area contributed by atoms with Gasteiger partial charge >= 0.3 is 0 Å². The summed E-state index contributed by atoms with van der Waals surface area (Å²) in [6.45, 7) is 0.777. The van der Waals surface area contributed by atoms with E-state index in [2.05, 4.69) is 10.4 Å². The summed E-state index contributed by atoms with van der Waals surface area (Å²) in [5.74, 6) is 0.787. The van der Waals surface area contributed by atoms with Crippen molar-refractivity contribution >= 4 is 5.69 Å². The average molecular weight is 195 g/mol. The summed E-state index contributed by atoms with van der Waals surface area (Å²) in [7, 11) is 3.67. The Morgan fingerprint density at radius 2 is 2.50 bits per heavy atom. The average Bonchev–Trinajstić information content (AvgIpc) is 2.91. The summed E-state index contributed by atoms with van der Waals surface area (Å²) in [5, 5.41) is 7.58. The van der Waals surface area contributed by atoms with Gasteiger partial charge in [-0.25, -0.2) is 0 Å². The predicted octanol–water partition coefficient (Wildman–Crippen LogP) is 1.26. The number of hydrogen-bond donors (Lipinski definition) is 1. The fraction of sp³-hybridized carbons (Fsp3) is 0.700. The highest BCUT2D eigenvalue weighted by Crippen LogP contribution is 2.34. The van der Waals surface area contributed by atoms with Gasteiger partial charge in [0.2, 0.25) is 0 Å². The molecule has 2 rings (SSSR count). The van der Waals surface area contributed by atoms with E-state index in [0.29, 0.717) is 6.04 Å². The highest BCUT2D eigenvalue weighted by molar-refractivity contribution is 5.39. The van der Waals surface area contributed by atoms with Crippen LogP contribution in [0.4, 0.5) is 5.69 Å². The minimum Gasteiger partial charge on any atom is -0.383 e. The minimum atomic E-state index is 0.448.